The van der Waals surface area contributed by atoms with Gasteiger partial charge in [-0.15, -0.1) is 0 Å². The summed E-state index contributed by atoms with van der Waals surface area (Å²) in [6.07, 6.45) is 0.804. The lowest BCUT2D eigenvalue weighted by Gasteiger charge is -2.36. The molecule has 1 fully saturated rings. The molecule has 3 aromatic rings. The van der Waals surface area contributed by atoms with Crippen molar-refractivity contribution >= 4 is 28.5 Å². The van der Waals surface area contributed by atoms with Gasteiger partial charge in [-0.25, -0.2) is 4.98 Å². The molecule has 0 spiro atoms. The molecule has 0 aliphatic carbocycles. The molecule has 2 heterocycles. The minimum atomic E-state index is 0.00342. The van der Waals surface area contributed by atoms with Crippen LogP contribution in [0.2, 0.25) is 0 Å². The van der Waals surface area contributed by atoms with Crippen LogP contribution >= 0.6 is 11.9 Å². The lowest BCUT2D eigenvalue weighted by molar-refractivity contribution is -0.0539. The van der Waals surface area contributed by atoms with E-state index >= 15 is 0 Å². The van der Waals surface area contributed by atoms with Gasteiger partial charge < -0.3 is 14.4 Å². The van der Waals surface area contributed by atoms with Gasteiger partial charge in [0.25, 0.3) is 5.56 Å². The molecule has 1 saturated heterocycles. The standard InChI is InChI=1S/C25H32N4O3S/c1-16-13-21(33-26)7-5-19(16)9-10-29-18(3)27-23-14-20(6-8-22(23)25(29)30)28-11-12-32-24(15-28)17(2)31-4/h5-8,13-14,17,24H,9-12,15,26H2,1-4H3. The van der Waals surface area contributed by atoms with Crippen molar-refractivity contribution in [3.05, 3.63) is 63.7 Å². The fourth-order valence-electron chi connectivity index (χ4n) is 4.38. The molecular weight excluding hydrogens is 436 g/mol. The minimum absolute atomic E-state index is 0.00342. The molecular formula is C25H32N4O3S. The molecule has 1 aliphatic rings. The normalized spacial score (nSPS) is 17.5. The molecule has 1 aliphatic heterocycles. The summed E-state index contributed by atoms with van der Waals surface area (Å²) >= 11 is 1.24. The molecule has 33 heavy (non-hydrogen) atoms. The fraction of sp³-hybridized carbons (Fsp3) is 0.440. The number of aromatic nitrogens is 2. The van der Waals surface area contributed by atoms with Crippen molar-refractivity contribution in [2.24, 2.45) is 5.14 Å². The number of hydrogen-bond donors (Lipinski definition) is 1. The van der Waals surface area contributed by atoms with Crippen molar-refractivity contribution < 1.29 is 9.47 Å². The number of hydrogen-bond acceptors (Lipinski definition) is 7. The summed E-state index contributed by atoms with van der Waals surface area (Å²) in [5.74, 6) is 0.726. The molecule has 176 valence electrons. The highest BCUT2D eigenvalue weighted by Crippen LogP contribution is 2.23. The zero-order valence-corrected chi connectivity index (χ0v) is 20.5. The quantitative estimate of drug-likeness (QED) is 0.532. The van der Waals surface area contributed by atoms with E-state index in [2.05, 4.69) is 24.0 Å². The Bertz CT molecular complexity index is 1200. The maximum atomic E-state index is 13.3. The third-order valence-electron chi connectivity index (χ3n) is 6.54. The summed E-state index contributed by atoms with van der Waals surface area (Å²) in [7, 11) is 1.70. The lowest BCUT2D eigenvalue weighted by atomic mass is 10.1. The van der Waals surface area contributed by atoms with Crippen LogP contribution in [0.5, 0.6) is 0 Å². The topological polar surface area (TPSA) is 82.6 Å². The van der Waals surface area contributed by atoms with Gasteiger partial charge in [0.1, 0.15) is 11.9 Å². The van der Waals surface area contributed by atoms with E-state index in [1.54, 1.807) is 11.7 Å². The van der Waals surface area contributed by atoms with Gasteiger partial charge in [0.05, 0.1) is 23.6 Å². The number of nitrogens with two attached hydrogens (primary N) is 1. The maximum absolute atomic E-state index is 13.3. The fourth-order valence-corrected chi connectivity index (χ4v) is 4.77. The highest BCUT2D eigenvalue weighted by Gasteiger charge is 2.26. The second kappa shape index (κ2) is 10.3. The Morgan fingerprint density at radius 2 is 2.09 bits per heavy atom. The Morgan fingerprint density at radius 1 is 1.27 bits per heavy atom. The first-order valence-corrected chi connectivity index (χ1v) is 12.2. The number of anilines is 1. The molecule has 0 bridgehead atoms. The van der Waals surface area contributed by atoms with Gasteiger partial charge in [0.2, 0.25) is 0 Å². The predicted octanol–water partition coefficient (Wildman–Crippen LogP) is 3.46. The van der Waals surface area contributed by atoms with Crippen LogP contribution in [0.3, 0.4) is 0 Å². The zero-order valence-electron chi connectivity index (χ0n) is 19.7. The van der Waals surface area contributed by atoms with Crippen LogP contribution in [0.15, 0.2) is 46.1 Å². The molecule has 4 rings (SSSR count). The molecule has 1 aromatic heterocycles. The average Bonchev–Trinajstić information content (AvgIpc) is 2.83. The van der Waals surface area contributed by atoms with Gasteiger partial charge in [0.15, 0.2) is 0 Å². The van der Waals surface area contributed by atoms with Crippen molar-refractivity contribution in [1.29, 1.82) is 0 Å². The van der Waals surface area contributed by atoms with E-state index in [1.165, 1.54) is 23.1 Å². The maximum Gasteiger partial charge on any atom is 0.261 e. The van der Waals surface area contributed by atoms with Crippen LogP contribution < -0.4 is 15.6 Å². The van der Waals surface area contributed by atoms with Gasteiger partial charge in [-0.2, -0.15) is 0 Å². The zero-order chi connectivity index (χ0) is 23.5. The summed E-state index contributed by atoms with van der Waals surface area (Å²) in [5, 5.41) is 6.30. The number of morpholine rings is 1. The molecule has 2 unspecified atom stereocenters. The van der Waals surface area contributed by atoms with Gasteiger partial charge in [-0.05, 0) is 80.6 Å². The van der Waals surface area contributed by atoms with Crippen molar-refractivity contribution in [2.45, 2.75) is 50.8 Å². The van der Waals surface area contributed by atoms with E-state index in [1.807, 2.05) is 38.1 Å². The van der Waals surface area contributed by atoms with Crippen LogP contribution in [-0.2, 0) is 22.4 Å². The number of ether oxygens (including phenoxy) is 2. The van der Waals surface area contributed by atoms with Crippen LogP contribution in [0, 0.1) is 13.8 Å². The Hall–Kier alpha value is -2.39. The van der Waals surface area contributed by atoms with E-state index in [0.717, 1.165) is 41.4 Å². The van der Waals surface area contributed by atoms with Gasteiger partial charge >= 0.3 is 0 Å². The van der Waals surface area contributed by atoms with Crippen LogP contribution in [-0.4, -0.2) is 48.6 Å². The van der Waals surface area contributed by atoms with Crippen molar-refractivity contribution in [1.82, 2.24) is 9.55 Å². The summed E-state index contributed by atoms with van der Waals surface area (Å²) in [6, 6.07) is 12.1. The molecule has 2 atom stereocenters. The van der Waals surface area contributed by atoms with Gasteiger partial charge in [-0.1, -0.05) is 6.07 Å². The number of aryl methyl sites for hydroxylation is 3. The highest BCUT2D eigenvalue weighted by molar-refractivity contribution is 7.97. The SMILES string of the molecule is COC(C)C1CN(c2ccc3c(=O)n(CCc4ccc(SN)cc4C)c(C)nc3c2)CCO1. The van der Waals surface area contributed by atoms with Gasteiger partial charge in [-0.3, -0.25) is 14.5 Å². The number of nitrogens with zero attached hydrogens (tertiary/aromatic N) is 3. The highest BCUT2D eigenvalue weighted by atomic mass is 32.2. The van der Waals surface area contributed by atoms with Crippen molar-refractivity contribution in [3.8, 4) is 0 Å². The summed E-state index contributed by atoms with van der Waals surface area (Å²) in [6.45, 7) is 8.79. The predicted molar refractivity (Wildman–Crippen MR) is 134 cm³/mol. The summed E-state index contributed by atoms with van der Waals surface area (Å²) in [4.78, 5) is 21.4. The summed E-state index contributed by atoms with van der Waals surface area (Å²) < 4.78 is 13.1. The molecule has 0 saturated carbocycles. The average molecular weight is 469 g/mol. The van der Waals surface area contributed by atoms with E-state index < -0.39 is 0 Å². The first-order chi connectivity index (χ1) is 15.9. The summed E-state index contributed by atoms with van der Waals surface area (Å²) in [5.41, 5.74) is 4.18. The molecule has 2 N–H and O–H groups in total. The van der Waals surface area contributed by atoms with E-state index in [4.69, 9.17) is 19.6 Å². The second-order valence-corrected chi connectivity index (χ2v) is 9.28. The third-order valence-corrected chi connectivity index (χ3v) is 7.06. The number of benzene rings is 2. The van der Waals surface area contributed by atoms with Crippen LogP contribution in [0.4, 0.5) is 5.69 Å². The van der Waals surface area contributed by atoms with E-state index in [-0.39, 0.29) is 17.8 Å². The van der Waals surface area contributed by atoms with E-state index in [9.17, 15) is 4.79 Å². The van der Waals surface area contributed by atoms with Gasteiger partial charge in [0, 0.05) is 37.3 Å². The molecule has 0 amide bonds. The first kappa shape index (κ1) is 23.8. The van der Waals surface area contributed by atoms with Crippen molar-refractivity contribution in [2.75, 3.05) is 31.7 Å². The Kier molecular flexibility index (Phi) is 7.38. The Balaban J connectivity index is 1.57. The second-order valence-electron chi connectivity index (χ2n) is 8.57. The third kappa shape index (κ3) is 5.09. The molecule has 0 radical (unpaired) electrons. The van der Waals surface area contributed by atoms with E-state index in [0.29, 0.717) is 18.5 Å². The smallest absolute Gasteiger partial charge is 0.261 e. The minimum Gasteiger partial charge on any atom is -0.379 e. The molecule has 2 aromatic carbocycles. The largest absolute Gasteiger partial charge is 0.379 e. The number of fused-ring (bicyclic) bond motifs is 1. The first-order valence-electron chi connectivity index (χ1n) is 11.3. The molecule has 8 heteroatoms. The molecule has 7 nitrogen and oxygen atoms in total. The number of rotatable bonds is 7. The Labute approximate surface area is 199 Å². The Morgan fingerprint density at radius 3 is 2.82 bits per heavy atom. The lowest BCUT2D eigenvalue weighted by Crippen LogP contribution is -2.47. The van der Waals surface area contributed by atoms with Crippen LogP contribution in [0.25, 0.3) is 10.9 Å². The monoisotopic (exact) mass is 468 g/mol. The van der Waals surface area contributed by atoms with Crippen LogP contribution in [0.1, 0.15) is 23.9 Å². The number of methoxy groups -OCH3 is 1. The van der Waals surface area contributed by atoms with Crippen molar-refractivity contribution in [3.63, 3.8) is 0 Å².